The smallest absolute Gasteiger partial charge is 0.220 e. The van der Waals surface area contributed by atoms with E-state index >= 15 is 0 Å². The second-order valence-corrected chi connectivity index (χ2v) is 15.3. The number of para-hydroxylation sites is 5. The summed E-state index contributed by atoms with van der Waals surface area (Å²) in [7, 11) is 0. The molecule has 0 fully saturated rings. The number of fused-ring (bicyclic) bond motifs is 11. The number of hydrogen-bond acceptors (Lipinski definition) is 2. The first-order valence-electron chi connectivity index (χ1n) is 18.0. The molecular weight excluding hydrogens is 637 g/mol. The predicted molar refractivity (Wildman–Crippen MR) is 212 cm³/mol. The van der Waals surface area contributed by atoms with Crippen LogP contribution in [-0.2, 0) is 10.8 Å². The molecule has 6 heteroatoms. The number of aromatic nitrogens is 6. The second kappa shape index (κ2) is 10.1. The number of rotatable bonds is 3. The molecule has 5 heterocycles. The van der Waals surface area contributed by atoms with Crippen LogP contribution in [-0.4, -0.2) is 28.3 Å². The molecule has 0 spiro atoms. The van der Waals surface area contributed by atoms with Crippen molar-refractivity contribution in [3.8, 4) is 28.2 Å². The number of benzene rings is 6. The molecule has 52 heavy (non-hydrogen) atoms. The van der Waals surface area contributed by atoms with E-state index in [1.54, 1.807) is 0 Å². The minimum atomic E-state index is -0.173. The zero-order chi connectivity index (χ0) is 34.9. The van der Waals surface area contributed by atoms with Gasteiger partial charge in [0.25, 0.3) is 0 Å². The molecule has 0 amide bonds. The number of nitrogens with zero attached hydrogens (tertiary/aromatic N) is 6. The molecule has 0 saturated carbocycles. The largest absolute Gasteiger partial charge is 0.309 e. The third-order valence-corrected chi connectivity index (χ3v) is 12.2. The Morgan fingerprint density at radius 1 is 0.519 bits per heavy atom. The summed E-state index contributed by atoms with van der Waals surface area (Å²) in [6, 6.07) is 50.2. The molecule has 4 aromatic heterocycles. The Balaban J connectivity index is 1.18. The van der Waals surface area contributed by atoms with E-state index in [-0.39, 0.29) is 10.8 Å². The van der Waals surface area contributed by atoms with Crippen molar-refractivity contribution in [3.05, 3.63) is 157 Å². The Bertz CT molecular complexity index is 3070. The molecule has 0 aliphatic carbocycles. The van der Waals surface area contributed by atoms with E-state index in [0.29, 0.717) is 0 Å². The molecule has 6 nitrogen and oxygen atoms in total. The maximum Gasteiger partial charge on any atom is 0.220 e. The first-order valence-corrected chi connectivity index (χ1v) is 18.0. The van der Waals surface area contributed by atoms with Gasteiger partial charge in [0.1, 0.15) is 0 Å². The molecule has 0 N–H and O–H groups in total. The van der Waals surface area contributed by atoms with Crippen LogP contribution in [0, 0.1) is 0 Å². The lowest BCUT2D eigenvalue weighted by molar-refractivity contribution is 0.276. The fourth-order valence-electron chi connectivity index (χ4n) is 8.94. The van der Waals surface area contributed by atoms with Gasteiger partial charge in [0.2, 0.25) is 5.78 Å². The van der Waals surface area contributed by atoms with Crippen molar-refractivity contribution in [2.75, 3.05) is 0 Å². The molecule has 1 aliphatic rings. The highest BCUT2D eigenvalue weighted by Crippen LogP contribution is 2.53. The Kier molecular flexibility index (Phi) is 5.70. The van der Waals surface area contributed by atoms with Gasteiger partial charge in [-0.3, -0.25) is 8.97 Å². The average molecular weight is 673 g/mol. The second-order valence-electron chi connectivity index (χ2n) is 15.3. The Morgan fingerprint density at radius 3 is 2.00 bits per heavy atom. The van der Waals surface area contributed by atoms with Gasteiger partial charge in [0.15, 0.2) is 0 Å². The molecule has 1 aliphatic heterocycles. The maximum absolute atomic E-state index is 5.16. The van der Waals surface area contributed by atoms with Gasteiger partial charge in [-0.2, -0.15) is 5.10 Å². The molecule has 0 unspecified atom stereocenters. The number of hydrogen-bond donors (Lipinski definition) is 0. The first-order chi connectivity index (χ1) is 25.3. The van der Waals surface area contributed by atoms with Crippen LogP contribution in [0.2, 0.25) is 0 Å². The van der Waals surface area contributed by atoms with E-state index in [1.807, 2.05) is 0 Å². The van der Waals surface area contributed by atoms with E-state index in [0.717, 1.165) is 50.4 Å². The standard InChI is InChI=1S/C46H36N6/c1-45(2)35-25-23-30(27-42(35)52-43(46(45,3)4)34(28-47-52)29-14-6-5-7-15-29)49-37-18-10-8-16-32(37)33-24-22-31(26-41(33)49)50-39-20-12-13-21-40(39)51-38-19-11-9-17-36(38)48-44(50)51/h5-28H,1-4H3. The summed E-state index contributed by atoms with van der Waals surface area (Å²) in [6.45, 7) is 9.49. The lowest BCUT2D eigenvalue weighted by Crippen LogP contribution is -2.46. The highest BCUT2D eigenvalue weighted by atomic mass is 15.3. The van der Waals surface area contributed by atoms with Gasteiger partial charge in [0.05, 0.1) is 56.4 Å². The Morgan fingerprint density at radius 2 is 1.17 bits per heavy atom. The van der Waals surface area contributed by atoms with Crippen LogP contribution in [0.25, 0.3) is 77.8 Å². The van der Waals surface area contributed by atoms with Crippen LogP contribution < -0.4 is 0 Å². The topological polar surface area (TPSA) is 45.0 Å². The molecule has 250 valence electrons. The quantitative estimate of drug-likeness (QED) is 0.187. The van der Waals surface area contributed by atoms with Crippen molar-refractivity contribution < 1.29 is 0 Å². The maximum atomic E-state index is 5.16. The number of imidazole rings is 2. The van der Waals surface area contributed by atoms with Crippen LogP contribution in [0.1, 0.15) is 39.0 Å². The molecule has 0 radical (unpaired) electrons. The minimum Gasteiger partial charge on any atom is -0.309 e. The fourth-order valence-corrected chi connectivity index (χ4v) is 8.94. The summed E-state index contributed by atoms with van der Waals surface area (Å²) in [4.78, 5) is 5.16. The van der Waals surface area contributed by atoms with Crippen molar-refractivity contribution in [2.24, 2.45) is 0 Å². The van der Waals surface area contributed by atoms with Gasteiger partial charge >= 0.3 is 0 Å². The van der Waals surface area contributed by atoms with E-state index < -0.39 is 0 Å². The molecule has 0 saturated heterocycles. The molecular formula is C46H36N6. The summed E-state index contributed by atoms with van der Waals surface area (Å²) in [5.41, 5.74) is 14.6. The van der Waals surface area contributed by atoms with E-state index in [9.17, 15) is 0 Å². The Labute approximate surface area is 300 Å². The van der Waals surface area contributed by atoms with Crippen molar-refractivity contribution >= 4 is 49.7 Å². The van der Waals surface area contributed by atoms with Crippen LogP contribution in [0.4, 0.5) is 0 Å². The van der Waals surface area contributed by atoms with Gasteiger partial charge in [0, 0.05) is 32.9 Å². The third kappa shape index (κ3) is 3.68. The van der Waals surface area contributed by atoms with Crippen molar-refractivity contribution in [1.29, 1.82) is 0 Å². The van der Waals surface area contributed by atoms with Gasteiger partial charge in [-0.1, -0.05) is 113 Å². The van der Waals surface area contributed by atoms with Gasteiger partial charge < -0.3 is 4.57 Å². The molecule has 11 rings (SSSR count). The van der Waals surface area contributed by atoms with Crippen LogP contribution in [0.15, 0.2) is 146 Å². The normalized spacial score (nSPS) is 14.8. The lowest BCUT2D eigenvalue weighted by atomic mass is 9.59. The van der Waals surface area contributed by atoms with E-state index in [1.165, 1.54) is 38.7 Å². The van der Waals surface area contributed by atoms with Crippen LogP contribution >= 0.6 is 0 Å². The lowest BCUT2D eigenvalue weighted by Gasteiger charge is -2.47. The summed E-state index contributed by atoms with van der Waals surface area (Å²) in [5.74, 6) is 0.906. The van der Waals surface area contributed by atoms with Crippen molar-refractivity contribution in [1.82, 2.24) is 28.3 Å². The average Bonchev–Trinajstić information content (AvgIpc) is 3.93. The van der Waals surface area contributed by atoms with Gasteiger partial charge in [-0.05, 0) is 65.7 Å². The molecule has 0 bridgehead atoms. The van der Waals surface area contributed by atoms with Crippen molar-refractivity contribution in [3.63, 3.8) is 0 Å². The fraction of sp³-hybridized carbons (Fsp3) is 0.130. The van der Waals surface area contributed by atoms with Crippen LogP contribution in [0.5, 0.6) is 0 Å². The van der Waals surface area contributed by atoms with Crippen LogP contribution in [0.3, 0.4) is 0 Å². The highest BCUT2D eigenvalue weighted by Gasteiger charge is 2.48. The first kappa shape index (κ1) is 29.3. The summed E-state index contributed by atoms with van der Waals surface area (Å²) in [5, 5.41) is 7.54. The predicted octanol–water partition coefficient (Wildman–Crippen LogP) is 10.9. The SMILES string of the molecule is CC1(C)c2ccc(-n3c4ccccc4c4ccc(-n5c6ccccc6n6c7ccccc7nc56)cc43)cc2-n2ncc(-c3ccccc3)c2C1(C)C. The minimum absolute atomic E-state index is 0.150. The van der Waals surface area contributed by atoms with E-state index in [4.69, 9.17) is 10.1 Å². The van der Waals surface area contributed by atoms with Gasteiger partial charge in [-0.15, -0.1) is 0 Å². The zero-order valence-electron chi connectivity index (χ0n) is 29.5. The van der Waals surface area contributed by atoms with Gasteiger partial charge in [-0.25, -0.2) is 9.67 Å². The Hall–Kier alpha value is -6.40. The molecule has 0 atom stereocenters. The van der Waals surface area contributed by atoms with E-state index in [2.05, 4.69) is 192 Å². The summed E-state index contributed by atoms with van der Waals surface area (Å²) < 4.78 is 9.21. The monoisotopic (exact) mass is 672 g/mol. The third-order valence-electron chi connectivity index (χ3n) is 12.2. The molecule has 6 aromatic carbocycles. The summed E-state index contributed by atoms with van der Waals surface area (Å²) >= 11 is 0. The van der Waals surface area contributed by atoms with Crippen molar-refractivity contribution in [2.45, 2.75) is 38.5 Å². The highest BCUT2D eigenvalue weighted by molar-refractivity contribution is 6.10. The zero-order valence-corrected chi connectivity index (χ0v) is 29.5. The summed E-state index contributed by atoms with van der Waals surface area (Å²) in [6.07, 6.45) is 2.05. The molecule has 10 aromatic rings.